The summed E-state index contributed by atoms with van der Waals surface area (Å²) >= 11 is 19.3. The van der Waals surface area contributed by atoms with E-state index in [1.807, 2.05) is 36.4 Å². The van der Waals surface area contributed by atoms with Crippen molar-refractivity contribution in [3.8, 4) is 6.07 Å². The highest BCUT2D eigenvalue weighted by Crippen LogP contribution is 2.71. The third-order valence-corrected chi connectivity index (χ3v) is 7.87. The fraction of sp³-hybridized carbons (Fsp3) is 0.435. The predicted molar refractivity (Wildman–Crippen MR) is 116 cm³/mol. The van der Waals surface area contributed by atoms with Gasteiger partial charge < -0.3 is 4.90 Å². The molecule has 1 aliphatic carbocycles. The van der Waals surface area contributed by atoms with Crippen LogP contribution in [0.4, 0.5) is 0 Å². The van der Waals surface area contributed by atoms with Crippen molar-refractivity contribution in [1.82, 2.24) is 4.90 Å². The van der Waals surface area contributed by atoms with E-state index in [-0.39, 0.29) is 5.41 Å². The van der Waals surface area contributed by atoms with Crippen LogP contribution in [-0.2, 0) is 12.8 Å². The van der Waals surface area contributed by atoms with Gasteiger partial charge in [0.25, 0.3) is 0 Å². The van der Waals surface area contributed by atoms with Crippen molar-refractivity contribution in [1.29, 1.82) is 5.26 Å². The van der Waals surface area contributed by atoms with Crippen molar-refractivity contribution in [3.05, 3.63) is 68.2 Å². The van der Waals surface area contributed by atoms with Crippen LogP contribution in [0.25, 0.3) is 0 Å². The normalized spacial score (nSPS) is 26.5. The maximum atomic E-state index is 9.09. The van der Waals surface area contributed by atoms with Gasteiger partial charge in [-0.1, -0.05) is 46.9 Å². The lowest BCUT2D eigenvalue weighted by Gasteiger charge is -2.24. The Balaban J connectivity index is 1.59. The lowest BCUT2D eigenvalue weighted by atomic mass is 9.81. The summed E-state index contributed by atoms with van der Waals surface area (Å²) in [5, 5.41) is 11.2. The predicted octanol–water partition coefficient (Wildman–Crippen LogP) is 6.41. The Kier molecular flexibility index (Phi) is 5.40. The molecule has 0 N–H and O–H groups in total. The molecule has 1 saturated carbocycles. The molecule has 0 radical (unpaired) electrons. The first-order valence-corrected chi connectivity index (χ1v) is 10.8. The maximum absolute atomic E-state index is 9.09. The van der Waals surface area contributed by atoms with Crippen LogP contribution in [0.3, 0.4) is 0 Å². The number of hydrogen-bond acceptors (Lipinski definition) is 2. The standard InChI is InChI=1S/C23H23Cl3N2/c1-28-10-9-23(15-28)14-22(23,12-18-19(24)3-2-4-20(18)25)8-7-16-5-6-17(13-27)21(26)11-16/h2-6,11H,7-10,12,14-15H2,1H3/t22-,23+/m1/s1. The molecule has 1 heterocycles. The number of hydrogen-bond donors (Lipinski definition) is 0. The van der Waals surface area contributed by atoms with Gasteiger partial charge in [0.05, 0.1) is 10.6 Å². The zero-order chi connectivity index (χ0) is 19.9. The summed E-state index contributed by atoms with van der Waals surface area (Å²) in [7, 11) is 2.21. The molecule has 0 unspecified atom stereocenters. The molecule has 4 rings (SSSR count). The molecule has 28 heavy (non-hydrogen) atoms. The van der Waals surface area contributed by atoms with Crippen LogP contribution in [0.5, 0.6) is 0 Å². The number of halogens is 3. The summed E-state index contributed by atoms with van der Waals surface area (Å²) in [6.07, 6.45) is 5.39. The smallest absolute Gasteiger partial charge is 0.101 e. The molecule has 2 fully saturated rings. The second-order valence-electron chi connectivity index (χ2n) is 8.53. The van der Waals surface area contributed by atoms with Crippen LogP contribution >= 0.6 is 34.8 Å². The third-order valence-electron chi connectivity index (χ3n) is 6.84. The summed E-state index contributed by atoms with van der Waals surface area (Å²) in [5.41, 5.74) is 3.37. The van der Waals surface area contributed by atoms with Crippen LogP contribution in [0.15, 0.2) is 36.4 Å². The SMILES string of the molecule is CN1CC[C@@]2(C1)C[C@@]2(CCc1ccc(C#N)c(Cl)c1)Cc1c(Cl)cccc1Cl. The number of likely N-dealkylation sites (tertiary alicyclic amines) is 1. The van der Waals surface area contributed by atoms with E-state index in [2.05, 4.69) is 18.0 Å². The molecule has 0 bridgehead atoms. The van der Waals surface area contributed by atoms with Crippen LogP contribution in [-0.4, -0.2) is 25.0 Å². The molecule has 2 aromatic carbocycles. The van der Waals surface area contributed by atoms with Gasteiger partial charge in [0.2, 0.25) is 0 Å². The lowest BCUT2D eigenvalue weighted by molar-refractivity contribution is 0.301. The molecule has 1 spiro atoms. The number of rotatable bonds is 5. The molecule has 146 valence electrons. The summed E-state index contributed by atoms with van der Waals surface area (Å²) in [5.74, 6) is 0. The van der Waals surface area contributed by atoms with E-state index in [9.17, 15) is 0 Å². The largest absolute Gasteiger partial charge is 0.306 e. The first-order valence-electron chi connectivity index (χ1n) is 9.68. The number of nitriles is 1. The molecule has 5 heteroatoms. The summed E-state index contributed by atoms with van der Waals surface area (Å²) in [4.78, 5) is 2.44. The quantitative estimate of drug-likeness (QED) is 0.545. The maximum Gasteiger partial charge on any atom is 0.101 e. The fourth-order valence-corrected chi connectivity index (χ4v) is 5.96. The highest BCUT2D eigenvalue weighted by molar-refractivity contribution is 6.36. The highest BCUT2D eigenvalue weighted by atomic mass is 35.5. The Morgan fingerprint density at radius 3 is 2.46 bits per heavy atom. The molecule has 1 aliphatic heterocycles. The van der Waals surface area contributed by atoms with Crippen LogP contribution in [0, 0.1) is 22.2 Å². The van der Waals surface area contributed by atoms with Gasteiger partial charge in [0.1, 0.15) is 6.07 Å². The Morgan fingerprint density at radius 1 is 1.11 bits per heavy atom. The summed E-state index contributed by atoms with van der Waals surface area (Å²) < 4.78 is 0. The Labute approximate surface area is 182 Å². The molecular weight excluding hydrogens is 411 g/mol. The van der Waals surface area contributed by atoms with Crippen LogP contribution in [0.2, 0.25) is 15.1 Å². The number of aryl methyl sites for hydroxylation is 1. The van der Waals surface area contributed by atoms with Gasteiger partial charge >= 0.3 is 0 Å². The van der Waals surface area contributed by atoms with Gasteiger partial charge in [-0.25, -0.2) is 0 Å². The van der Waals surface area contributed by atoms with Gasteiger partial charge in [0, 0.05) is 16.6 Å². The average molecular weight is 434 g/mol. The zero-order valence-corrected chi connectivity index (χ0v) is 18.2. The van der Waals surface area contributed by atoms with Gasteiger partial charge in [-0.05, 0) is 91.9 Å². The monoisotopic (exact) mass is 432 g/mol. The fourth-order valence-electron chi connectivity index (χ4n) is 5.18. The third kappa shape index (κ3) is 3.55. The van der Waals surface area contributed by atoms with E-state index in [1.165, 1.54) is 18.4 Å². The van der Waals surface area contributed by atoms with Crippen molar-refractivity contribution in [3.63, 3.8) is 0 Å². The molecule has 2 nitrogen and oxygen atoms in total. The first-order chi connectivity index (χ1) is 13.4. The minimum absolute atomic E-state index is 0.215. The molecule has 1 saturated heterocycles. The second-order valence-corrected chi connectivity index (χ2v) is 9.75. The summed E-state index contributed by atoms with van der Waals surface area (Å²) in [6.45, 7) is 2.30. The first kappa shape index (κ1) is 20.0. The Hall–Kier alpha value is -1.24. The van der Waals surface area contributed by atoms with E-state index >= 15 is 0 Å². The molecule has 0 amide bonds. The van der Waals surface area contributed by atoms with Crippen molar-refractivity contribution in [2.75, 3.05) is 20.1 Å². The summed E-state index contributed by atoms with van der Waals surface area (Å²) in [6, 6.07) is 13.7. The van der Waals surface area contributed by atoms with Gasteiger partial charge in [-0.2, -0.15) is 5.26 Å². The molecular formula is C23H23Cl3N2. The lowest BCUT2D eigenvalue weighted by Crippen LogP contribution is -2.22. The van der Waals surface area contributed by atoms with E-state index < -0.39 is 0 Å². The minimum atomic E-state index is 0.215. The Bertz CT molecular complexity index is 931. The minimum Gasteiger partial charge on any atom is -0.306 e. The van der Waals surface area contributed by atoms with Crippen molar-refractivity contribution >= 4 is 34.8 Å². The van der Waals surface area contributed by atoms with Crippen molar-refractivity contribution in [2.45, 2.75) is 32.1 Å². The number of benzene rings is 2. The van der Waals surface area contributed by atoms with Gasteiger partial charge in [-0.15, -0.1) is 0 Å². The molecule has 2 atom stereocenters. The topological polar surface area (TPSA) is 27.0 Å². The van der Waals surface area contributed by atoms with Gasteiger partial charge in [-0.3, -0.25) is 0 Å². The molecule has 0 aromatic heterocycles. The Morgan fingerprint density at radius 2 is 1.86 bits per heavy atom. The van der Waals surface area contributed by atoms with E-state index in [0.717, 1.165) is 48.0 Å². The average Bonchev–Trinajstić information content (AvgIpc) is 3.09. The zero-order valence-electron chi connectivity index (χ0n) is 15.9. The van der Waals surface area contributed by atoms with Crippen LogP contribution < -0.4 is 0 Å². The molecule has 2 aliphatic rings. The number of nitrogens with zero attached hydrogens (tertiary/aromatic N) is 2. The second kappa shape index (κ2) is 7.54. The van der Waals surface area contributed by atoms with E-state index in [4.69, 9.17) is 40.1 Å². The van der Waals surface area contributed by atoms with E-state index in [0.29, 0.717) is 16.0 Å². The highest BCUT2D eigenvalue weighted by Gasteiger charge is 2.67. The van der Waals surface area contributed by atoms with Crippen molar-refractivity contribution in [2.24, 2.45) is 10.8 Å². The van der Waals surface area contributed by atoms with Crippen LogP contribution in [0.1, 0.15) is 36.0 Å². The van der Waals surface area contributed by atoms with Gasteiger partial charge in [0.15, 0.2) is 0 Å². The van der Waals surface area contributed by atoms with Crippen molar-refractivity contribution < 1.29 is 0 Å². The van der Waals surface area contributed by atoms with E-state index in [1.54, 1.807) is 0 Å². The molecule has 2 aromatic rings.